The van der Waals surface area contributed by atoms with Crippen LogP contribution in [0.5, 0.6) is 0 Å². The van der Waals surface area contributed by atoms with E-state index < -0.39 is 0 Å². The van der Waals surface area contributed by atoms with Crippen LogP contribution in [-0.2, 0) is 16.6 Å². The minimum atomic E-state index is -0.376. The van der Waals surface area contributed by atoms with E-state index >= 15 is 0 Å². The van der Waals surface area contributed by atoms with Gasteiger partial charge in [0.15, 0.2) is 0 Å². The van der Waals surface area contributed by atoms with Gasteiger partial charge >= 0.3 is 0 Å². The van der Waals surface area contributed by atoms with Crippen LogP contribution < -0.4 is 23.0 Å². The van der Waals surface area contributed by atoms with E-state index in [2.05, 4.69) is 13.1 Å². The number of hydrogen-bond acceptors (Lipinski definition) is 2. The zero-order valence-corrected chi connectivity index (χ0v) is 14.2. The van der Waals surface area contributed by atoms with Gasteiger partial charge in [-0.2, -0.15) is 0 Å². The van der Waals surface area contributed by atoms with E-state index in [0.29, 0.717) is 29.7 Å². The van der Waals surface area contributed by atoms with Crippen molar-refractivity contribution in [2.75, 3.05) is 13.6 Å². The zero-order chi connectivity index (χ0) is 15.5. The Balaban J connectivity index is 0.00000156. The topological polar surface area (TPSA) is 64.6 Å². The Bertz CT molecular complexity index is 675. The highest BCUT2D eigenvalue weighted by Gasteiger charge is 2.57. The first-order chi connectivity index (χ1) is 10.5. The van der Waals surface area contributed by atoms with E-state index in [-0.39, 0.29) is 23.7 Å². The fourth-order valence-corrected chi connectivity index (χ4v) is 5.33. The first-order valence-corrected chi connectivity index (χ1v) is 8.28. The van der Waals surface area contributed by atoms with Crippen LogP contribution in [0.25, 0.3) is 0 Å². The molecule has 5 heteroatoms. The molecular weight excluding hydrogens is 312 g/mol. The van der Waals surface area contributed by atoms with Gasteiger partial charge in [0.2, 0.25) is 5.91 Å². The summed E-state index contributed by atoms with van der Waals surface area (Å²) >= 11 is 0. The van der Waals surface area contributed by atoms with E-state index in [4.69, 9.17) is 5.73 Å². The molecule has 3 aliphatic rings. The van der Waals surface area contributed by atoms with Crippen LogP contribution in [0.2, 0.25) is 0 Å². The molecule has 0 aromatic heterocycles. The quantitative estimate of drug-likeness (QED) is 0.584. The molecule has 2 fully saturated rings. The number of carbonyl (C=O) groups excluding carboxylic acids is 2. The molecule has 1 aliphatic heterocycles. The van der Waals surface area contributed by atoms with Crippen molar-refractivity contribution in [3.63, 3.8) is 0 Å². The number of nitrogens with two attached hydrogens (primary N) is 1. The molecule has 0 radical (unpaired) electrons. The number of benzene rings is 1. The Kier molecular flexibility index (Phi) is 4.01. The molecule has 1 saturated carbocycles. The third kappa shape index (κ3) is 2.31. The lowest BCUT2D eigenvalue weighted by Gasteiger charge is -2.55. The van der Waals surface area contributed by atoms with Crippen LogP contribution in [0.15, 0.2) is 18.2 Å². The number of primary amides is 1. The summed E-state index contributed by atoms with van der Waals surface area (Å²) in [6.45, 7) is 1.11. The fraction of sp³-hybridized carbons (Fsp3) is 0.556. The molecule has 1 unspecified atom stereocenters. The van der Waals surface area contributed by atoms with Gasteiger partial charge in [-0.25, -0.2) is 0 Å². The van der Waals surface area contributed by atoms with Crippen molar-refractivity contribution in [1.29, 1.82) is 0 Å². The van der Waals surface area contributed by atoms with E-state index in [1.165, 1.54) is 11.1 Å². The summed E-state index contributed by atoms with van der Waals surface area (Å²) in [7, 11) is 2.29. The van der Waals surface area contributed by atoms with Crippen molar-refractivity contribution in [3.05, 3.63) is 34.9 Å². The Hall–Kier alpha value is -1.39. The first kappa shape index (κ1) is 16.5. The number of hydrogen-bond donors (Lipinski definition) is 2. The van der Waals surface area contributed by atoms with Crippen molar-refractivity contribution in [1.82, 2.24) is 0 Å². The summed E-state index contributed by atoms with van der Waals surface area (Å²) in [4.78, 5) is 25.4. The van der Waals surface area contributed by atoms with Gasteiger partial charge < -0.3 is 23.0 Å². The standard InChI is InChI=1S/C18H22N2O2.ClH/c1-20-7-6-18-10-13(21)4-5-14(18)16(20)9-11-2-3-12(17(19)22)8-15(11)18;/h2-3,8,14,16H,4-7,9-10H2,1H3,(H2,19,22);1H/t14-,16+,18-;/m0./s1. The minimum Gasteiger partial charge on any atom is -1.00 e. The number of amides is 1. The molecule has 1 heterocycles. The van der Waals surface area contributed by atoms with E-state index in [1.54, 1.807) is 4.90 Å². The van der Waals surface area contributed by atoms with Crippen LogP contribution >= 0.6 is 0 Å². The monoisotopic (exact) mass is 334 g/mol. The third-order valence-corrected chi connectivity index (χ3v) is 6.41. The molecule has 2 aliphatic carbocycles. The molecule has 0 spiro atoms. The van der Waals surface area contributed by atoms with Gasteiger partial charge in [0.1, 0.15) is 5.78 Å². The molecule has 4 rings (SSSR count). The summed E-state index contributed by atoms with van der Waals surface area (Å²) in [5, 5.41) is 0. The average Bonchev–Trinajstić information content (AvgIpc) is 2.50. The predicted octanol–water partition coefficient (Wildman–Crippen LogP) is -2.76. The first-order valence-electron chi connectivity index (χ1n) is 8.28. The number of likely N-dealkylation sites (tertiary alicyclic amines) is 1. The smallest absolute Gasteiger partial charge is 0.248 e. The van der Waals surface area contributed by atoms with Crippen LogP contribution in [0, 0.1) is 5.92 Å². The highest BCUT2D eigenvalue weighted by Crippen LogP contribution is 2.52. The number of halogens is 1. The molecular formula is C18H23ClN2O2. The van der Waals surface area contributed by atoms with Crippen molar-refractivity contribution in [3.8, 4) is 0 Å². The SMILES string of the molecule is C[NH+]1CC[C@]23CC(=O)CC[C@H]2[C@H]1Cc1ccc(C(N)=O)cc13.[Cl-]. The number of Topliss-reactive ketones (excluding diaryl/α,β-unsaturated/α-hetero) is 1. The fourth-order valence-electron chi connectivity index (χ4n) is 5.33. The van der Waals surface area contributed by atoms with Crippen LogP contribution in [0.3, 0.4) is 0 Å². The molecule has 124 valence electrons. The lowest BCUT2D eigenvalue weighted by atomic mass is 9.52. The summed E-state index contributed by atoms with van der Waals surface area (Å²) in [6.07, 6.45) is 4.47. The summed E-state index contributed by atoms with van der Waals surface area (Å²) < 4.78 is 0. The molecule has 4 nitrogen and oxygen atoms in total. The van der Waals surface area contributed by atoms with Crippen LogP contribution in [0.4, 0.5) is 0 Å². The van der Waals surface area contributed by atoms with Crippen LogP contribution in [-0.4, -0.2) is 31.3 Å². The normalized spacial score (nSPS) is 34.8. The van der Waals surface area contributed by atoms with Crippen molar-refractivity contribution < 1.29 is 26.9 Å². The lowest BCUT2D eigenvalue weighted by Crippen LogP contribution is -3.16. The number of likely N-dealkylation sites (N-methyl/N-ethyl adjacent to an activating group) is 1. The number of carbonyl (C=O) groups is 2. The number of nitrogens with one attached hydrogen (secondary N) is 1. The van der Waals surface area contributed by atoms with Gasteiger partial charge in [-0.3, -0.25) is 9.59 Å². The van der Waals surface area contributed by atoms with E-state index in [1.807, 2.05) is 12.1 Å². The molecule has 2 bridgehead atoms. The molecule has 1 aromatic carbocycles. The summed E-state index contributed by atoms with van der Waals surface area (Å²) in [5.74, 6) is 0.569. The highest BCUT2D eigenvalue weighted by atomic mass is 35.5. The van der Waals surface area contributed by atoms with Crippen molar-refractivity contribution >= 4 is 11.7 Å². The highest BCUT2D eigenvalue weighted by molar-refractivity contribution is 5.93. The molecule has 3 N–H and O–H groups in total. The number of fused-ring (bicyclic) bond motifs is 1. The van der Waals surface area contributed by atoms with Gasteiger partial charge in [0.05, 0.1) is 19.6 Å². The lowest BCUT2D eigenvalue weighted by molar-refractivity contribution is -0.918. The molecule has 1 aromatic rings. The van der Waals surface area contributed by atoms with Gasteiger partial charge in [-0.1, -0.05) is 6.07 Å². The second kappa shape index (κ2) is 5.60. The van der Waals surface area contributed by atoms with Gasteiger partial charge in [0, 0.05) is 42.6 Å². The van der Waals surface area contributed by atoms with E-state index in [0.717, 1.165) is 32.2 Å². The number of piperidine rings is 1. The van der Waals surface area contributed by atoms with Gasteiger partial charge in [-0.05, 0) is 29.7 Å². The molecule has 4 atom stereocenters. The maximum absolute atomic E-state index is 12.2. The minimum absolute atomic E-state index is 0. The maximum atomic E-state index is 12.2. The Morgan fingerprint density at radius 2 is 2.17 bits per heavy atom. The van der Waals surface area contributed by atoms with Crippen molar-refractivity contribution in [2.24, 2.45) is 11.7 Å². The maximum Gasteiger partial charge on any atom is 0.248 e. The Labute approximate surface area is 142 Å². The Morgan fingerprint density at radius 3 is 2.91 bits per heavy atom. The third-order valence-electron chi connectivity index (χ3n) is 6.41. The van der Waals surface area contributed by atoms with Gasteiger partial charge in [0.25, 0.3) is 0 Å². The second-order valence-corrected chi connectivity index (χ2v) is 7.41. The molecule has 23 heavy (non-hydrogen) atoms. The summed E-state index contributed by atoms with van der Waals surface area (Å²) in [5.41, 5.74) is 8.58. The second-order valence-electron chi connectivity index (χ2n) is 7.41. The van der Waals surface area contributed by atoms with Crippen LogP contribution in [0.1, 0.15) is 47.2 Å². The predicted molar refractivity (Wildman–Crippen MR) is 82.8 cm³/mol. The number of ketones is 1. The van der Waals surface area contributed by atoms with Crippen molar-refractivity contribution in [2.45, 2.75) is 43.6 Å². The Morgan fingerprint density at radius 1 is 1.39 bits per heavy atom. The number of quaternary nitrogens is 1. The zero-order valence-electron chi connectivity index (χ0n) is 13.4. The number of rotatable bonds is 1. The molecule has 1 amide bonds. The average molecular weight is 335 g/mol. The van der Waals surface area contributed by atoms with E-state index in [9.17, 15) is 9.59 Å². The molecule has 1 saturated heterocycles. The summed E-state index contributed by atoms with van der Waals surface area (Å²) in [6, 6.07) is 6.50. The largest absolute Gasteiger partial charge is 1.00 e. The van der Waals surface area contributed by atoms with Gasteiger partial charge in [-0.15, -0.1) is 0 Å².